The van der Waals surface area contributed by atoms with Gasteiger partial charge in [-0.05, 0) is 37.5 Å². The van der Waals surface area contributed by atoms with E-state index >= 15 is 0 Å². The van der Waals surface area contributed by atoms with Gasteiger partial charge in [0.25, 0.3) is 5.91 Å². The number of carbonyl (C=O) groups excluding carboxylic acids is 1. The van der Waals surface area contributed by atoms with Crippen LogP contribution in [0, 0.1) is 0 Å². The number of thiazole rings is 1. The van der Waals surface area contributed by atoms with Crippen molar-refractivity contribution in [2.75, 3.05) is 27.3 Å². The van der Waals surface area contributed by atoms with E-state index in [4.69, 9.17) is 9.47 Å². The lowest BCUT2D eigenvalue weighted by Crippen LogP contribution is -2.28. The van der Waals surface area contributed by atoms with Gasteiger partial charge in [-0.3, -0.25) is 4.79 Å². The van der Waals surface area contributed by atoms with Crippen molar-refractivity contribution in [1.82, 2.24) is 9.88 Å². The molecule has 1 fully saturated rings. The van der Waals surface area contributed by atoms with E-state index in [0.29, 0.717) is 12.2 Å². The quantitative estimate of drug-likeness (QED) is 0.787. The van der Waals surface area contributed by atoms with Gasteiger partial charge in [0.05, 0.1) is 19.2 Å². The molecule has 0 aliphatic carbocycles. The zero-order valence-corrected chi connectivity index (χ0v) is 15.8. The Hall–Kier alpha value is -2.08. The predicted molar refractivity (Wildman–Crippen MR) is 98.9 cm³/mol. The number of hydrogen-bond donors (Lipinski definition) is 0. The third-order valence-corrected chi connectivity index (χ3v) is 5.50. The average molecular weight is 360 g/mol. The Bertz CT molecular complexity index is 744. The van der Waals surface area contributed by atoms with Crippen molar-refractivity contribution in [2.24, 2.45) is 0 Å². The SMILES string of the molecule is CCCc1nc(C(=O)N2CC[C@@H](c3cc(OC)ccc3OC)C2)cs1. The van der Waals surface area contributed by atoms with Crippen LogP contribution in [-0.2, 0) is 6.42 Å². The predicted octanol–water partition coefficient (Wildman–Crippen LogP) is 3.74. The summed E-state index contributed by atoms with van der Waals surface area (Å²) in [5.41, 5.74) is 1.67. The van der Waals surface area contributed by atoms with Crippen LogP contribution in [0.4, 0.5) is 0 Å². The zero-order chi connectivity index (χ0) is 17.8. The number of carbonyl (C=O) groups is 1. The molecule has 0 bridgehead atoms. The van der Waals surface area contributed by atoms with Crippen LogP contribution in [0.1, 0.15) is 46.7 Å². The number of methoxy groups -OCH3 is 2. The van der Waals surface area contributed by atoms with Gasteiger partial charge < -0.3 is 14.4 Å². The zero-order valence-electron chi connectivity index (χ0n) is 14.9. The first-order valence-electron chi connectivity index (χ1n) is 8.61. The van der Waals surface area contributed by atoms with E-state index < -0.39 is 0 Å². The first-order chi connectivity index (χ1) is 12.2. The van der Waals surface area contributed by atoms with Gasteiger partial charge in [-0.15, -0.1) is 11.3 Å². The Morgan fingerprint density at radius 1 is 1.36 bits per heavy atom. The summed E-state index contributed by atoms with van der Waals surface area (Å²) < 4.78 is 10.8. The van der Waals surface area contributed by atoms with Crippen LogP contribution in [0.15, 0.2) is 23.6 Å². The monoisotopic (exact) mass is 360 g/mol. The molecule has 0 N–H and O–H groups in total. The van der Waals surface area contributed by atoms with Gasteiger partial charge in [0.1, 0.15) is 17.2 Å². The number of rotatable bonds is 6. The van der Waals surface area contributed by atoms with Crippen LogP contribution in [0.2, 0.25) is 0 Å². The molecule has 1 saturated heterocycles. The minimum atomic E-state index is 0.0305. The van der Waals surface area contributed by atoms with Crippen molar-refractivity contribution in [2.45, 2.75) is 32.1 Å². The highest BCUT2D eigenvalue weighted by molar-refractivity contribution is 7.09. The minimum Gasteiger partial charge on any atom is -0.497 e. The smallest absolute Gasteiger partial charge is 0.273 e. The number of aromatic nitrogens is 1. The molecule has 1 aliphatic rings. The van der Waals surface area contributed by atoms with Crippen LogP contribution in [0.3, 0.4) is 0 Å². The maximum absolute atomic E-state index is 12.7. The van der Waals surface area contributed by atoms with E-state index in [1.54, 1.807) is 25.6 Å². The summed E-state index contributed by atoms with van der Waals surface area (Å²) in [6.07, 6.45) is 2.89. The number of hydrogen-bond acceptors (Lipinski definition) is 5. The Balaban J connectivity index is 1.73. The summed E-state index contributed by atoms with van der Waals surface area (Å²) in [5, 5.41) is 2.92. The lowest BCUT2D eigenvalue weighted by atomic mass is 9.97. The van der Waals surface area contributed by atoms with E-state index in [9.17, 15) is 4.79 Å². The number of aryl methyl sites for hydroxylation is 1. The fraction of sp³-hybridized carbons (Fsp3) is 0.474. The van der Waals surface area contributed by atoms with Crippen LogP contribution in [0.5, 0.6) is 11.5 Å². The van der Waals surface area contributed by atoms with Crippen molar-refractivity contribution in [3.05, 3.63) is 39.8 Å². The topological polar surface area (TPSA) is 51.7 Å². The molecule has 0 saturated carbocycles. The van der Waals surface area contributed by atoms with Crippen molar-refractivity contribution in [3.63, 3.8) is 0 Å². The fourth-order valence-electron chi connectivity index (χ4n) is 3.26. The fourth-order valence-corrected chi connectivity index (χ4v) is 4.13. The van der Waals surface area contributed by atoms with Crippen molar-refractivity contribution >= 4 is 17.2 Å². The summed E-state index contributed by atoms with van der Waals surface area (Å²) in [6, 6.07) is 5.83. The number of likely N-dealkylation sites (tertiary alicyclic amines) is 1. The molecular formula is C19H24N2O3S. The lowest BCUT2D eigenvalue weighted by molar-refractivity contribution is 0.0785. The Kier molecular flexibility index (Phi) is 5.58. The largest absolute Gasteiger partial charge is 0.497 e. The molecular weight excluding hydrogens is 336 g/mol. The Labute approximate surface area is 152 Å². The summed E-state index contributed by atoms with van der Waals surface area (Å²) in [7, 11) is 3.33. The molecule has 6 heteroatoms. The second-order valence-corrected chi connectivity index (χ2v) is 7.16. The maximum Gasteiger partial charge on any atom is 0.273 e. The second kappa shape index (κ2) is 7.87. The molecule has 1 atom stereocenters. The van der Waals surface area contributed by atoms with Gasteiger partial charge >= 0.3 is 0 Å². The molecule has 1 amide bonds. The normalized spacial score (nSPS) is 16.9. The minimum absolute atomic E-state index is 0.0305. The van der Waals surface area contributed by atoms with Crippen LogP contribution < -0.4 is 9.47 Å². The molecule has 5 nitrogen and oxygen atoms in total. The van der Waals surface area contributed by atoms with E-state index in [1.165, 1.54) is 0 Å². The summed E-state index contributed by atoms with van der Waals surface area (Å²) >= 11 is 1.57. The van der Waals surface area contributed by atoms with E-state index in [-0.39, 0.29) is 11.8 Å². The summed E-state index contributed by atoms with van der Waals surface area (Å²) in [6.45, 7) is 3.54. The molecule has 1 aromatic heterocycles. The van der Waals surface area contributed by atoms with Crippen molar-refractivity contribution in [3.8, 4) is 11.5 Å². The van der Waals surface area contributed by atoms with Gasteiger partial charge in [0.2, 0.25) is 0 Å². The van der Waals surface area contributed by atoms with Crippen LogP contribution in [-0.4, -0.2) is 43.1 Å². The van der Waals surface area contributed by atoms with Gasteiger partial charge in [-0.2, -0.15) is 0 Å². The third kappa shape index (κ3) is 3.79. The molecule has 25 heavy (non-hydrogen) atoms. The molecule has 134 valence electrons. The first kappa shape index (κ1) is 17.7. The number of ether oxygens (including phenoxy) is 2. The number of amides is 1. The Morgan fingerprint density at radius 3 is 2.92 bits per heavy atom. The first-order valence-corrected chi connectivity index (χ1v) is 9.49. The summed E-state index contributed by atoms with van der Waals surface area (Å²) in [5.74, 6) is 1.94. The van der Waals surface area contributed by atoms with Gasteiger partial charge in [-0.1, -0.05) is 6.92 Å². The van der Waals surface area contributed by atoms with Crippen molar-refractivity contribution < 1.29 is 14.3 Å². The number of benzene rings is 1. The number of nitrogens with zero attached hydrogens (tertiary/aromatic N) is 2. The lowest BCUT2D eigenvalue weighted by Gasteiger charge is -2.18. The van der Waals surface area contributed by atoms with Crippen LogP contribution >= 0.6 is 11.3 Å². The highest BCUT2D eigenvalue weighted by atomic mass is 32.1. The molecule has 2 heterocycles. The van der Waals surface area contributed by atoms with Crippen molar-refractivity contribution in [1.29, 1.82) is 0 Å². The summed E-state index contributed by atoms with van der Waals surface area (Å²) in [4.78, 5) is 19.1. The molecule has 0 radical (unpaired) electrons. The van der Waals surface area contributed by atoms with Gasteiger partial charge in [0, 0.05) is 30.0 Å². The molecule has 1 aliphatic heterocycles. The molecule has 0 unspecified atom stereocenters. The van der Waals surface area contributed by atoms with E-state index in [1.807, 2.05) is 28.5 Å². The van der Waals surface area contributed by atoms with E-state index in [0.717, 1.165) is 47.9 Å². The third-order valence-electron chi connectivity index (χ3n) is 4.59. The molecule has 2 aromatic rings. The standard InChI is InChI=1S/C19H24N2O3S/c1-4-5-18-20-16(12-25-18)19(22)21-9-8-13(11-21)15-10-14(23-2)6-7-17(15)24-3/h6-7,10,12-13H,4-5,8-9,11H2,1-3H3/t13-/m1/s1. The highest BCUT2D eigenvalue weighted by Gasteiger charge is 2.30. The second-order valence-electron chi connectivity index (χ2n) is 6.22. The highest BCUT2D eigenvalue weighted by Crippen LogP contribution is 2.36. The average Bonchev–Trinajstić information content (AvgIpc) is 3.30. The maximum atomic E-state index is 12.7. The molecule has 1 aromatic carbocycles. The Morgan fingerprint density at radius 2 is 2.20 bits per heavy atom. The molecule has 0 spiro atoms. The van der Waals surface area contributed by atoms with E-state index in [2.05, 4.69) is 11.9 Å². The van der Waals surface area contributed by atoms with Gasteiger partial charge in [-0.25, -0.2) is 4.98 Å². The molecule has 3 rings (SSSR count). The van der Waals surface area contributed by atoms with Gasteiger partial charge in [0.15, 0.2) is 0 Å². The van der Waals surface area contributed by atoms with Crippen LogP contribution in [0.25, 0.3) is 0 Å².